The summed E-state index contributed by atoms with van der Waals surface area (Å²) >= 11 is 0. The number of hydrogen-bond donors (Lipinski definition) is 0. The third-order valence-electron chi connectivity index (χ3n) is 1.06. The molecule has 0 aliphatic rings. The van der Waals surface area contributed by atoms with Gasteiger partial charge in [0.05, 0.1) is 5.92 Å². The molecule has 0 nitrogen and oxygen atoms in total. The Labute approximate surface area is 60.7 Å². The van der Waals surface area contributed by atoms with Gasteiger partial charge in [0.15, 0.2) is 0 Å². The first kappa shape index (κ1) is 10.4. The minimum absolute atomic E-state index is 0.234. The molecule has 66 valence electrons. The van der Waals surface area contributed by atoms with Gasteiger partial charge in [-0.05, 0) is 6.08 Å². The minimum Gasteiger partial charge on any atom is -0.206 e. The molecule has 0 saturated carbocycles. The Balaban J connectivity index is 3.97. The van der Waals surface area contributed by atoms with E-state index in [9.17, 15) is 22.0 Å². The zero-order valence-corrected chi connectivity index (χ0v) is 5.70. The van der Waals surface area contributed by atoms with Gasteiger partial charge in [0.2, 0.25) is 0 Å². The third-order valence-corrected chi connectivity index (χ3v) is 1.06. The predicted octanol–water partition coefficient (Wildman–Crippen LogP) is 3.01. The summed E-state index contributed by atoms with van der Waals surface area (Å²) in [4.78, 5) is 0. The molecule has 0 heterocycles. The number of alkyl halides is 5. The summed E-state index contributed by atoms with van der Waals surface area (Å²) in [5.74, 6) is -1.81. The molecule has 0 fully saturated rings. The molecule has 11 heavy (non-hydrogen) atoms. The van der Waals surface area contributed by atoms with Crippen molar-refractivity contribution in [1.82, 2.24) is 0 Å². The molecule has 0 spiro atoms. The minimum atomic E-state index is -4.43. The fraction of sp³-hybridized carbons (Fsp3) is 0.667. The average molecular weight is 174 g/mol. The fourth-order valence-corrected chi connectivity index (χ4v) is 0.360. The van der Waals surface area contributed by atoms with Crippen LogP contribution in [0.1, 0.15) is 6.92 Å². The van der Waals surface area contributed by atoms with Crippen LogP contribution in [-0.4, -0.2) is 12.6 Å². The quantitative estimate of drug-likeness (QED) is 0.446. The molecule has 0 aromatic rings. The lowest BCUT2D eigenvalue weighted by atomic mass is 10.1. The van der Waals surface area contributed by atoms with Crippen molar-refractivity contribution in [2.45, 2.75) is 19.5 Å². The first-order valence-corrected chi connectivity index (χ1v) is 2.87. The molecule has 0 saturated heterocycles. The van der Waals surface area contributed by atoms with Crippen LogP contribution in [0.5, 0.6) is 0 Å². The summed E-state index contributed by atoms with van der Waals surface area (Å²) in [6.07, 6.45) is -6.56. The summed E-state index contributed by atoms with van der Waals surface area (Å²) < 4.78 is 57.5. The highest BCUT2D eigenvalue weighted by Gasteiger charge is 2.33. The van der Waals surface area contributed by atoms with Crippen molar-refractivity contribution in [2.24, 2.45) is 5.92 Å². The summed E-state index contributed by atoms with van der Waals surface area (Å²) in [7, 11) is 0. The Morgan fingerprint density at radius 2 is 1.55 bits per heavy atom. The van der Waals surface area contributed by atoms with Crippen molar-refractivity contribution < 1.29 is 22.0 Å². The van der Waals surface area contributed by atoms with Crippen molar-refractivity contribution in [1.29, 1.82) is 0 Å². The molecule has 1 unspecified atom stereocenters. The van der Waals surface area contributed by atoms with Crippen LogP contribution < -0.4 is 0 Å². The molecule has 0 radical (unpaired) electrons. The van der Waals surface area contributed by atoms with Gasteiger partial charge < -0.3 is 0 Å². The Morgan fingerprint density at radius 1 is 1.09 bits per heavy atom. The highest BCUT2D eigenvalue weighted by atomic mass is 19.4. The van der Waals surface area contributed by atoms with E-state index in [-0.39, 0.29) is 6.08 Å². The van der Waals surface area contributed by atoms with Crippen LogP contribution in [0.3, 0.4) is 0 Å². The Kier molecular flexibility index (Phi) is 3.48. The first-order chi connectivity index (χ1) is 4.84. The monoisotopic (exact) mass is 174 g/mol. The van der Waals surface area contributed by atoms with Crippen LogP contribution >= 0.6 is 0 Å². The highest BCUT2D eigenvalue weighted by Crippen LogP contribution is 2.26. The third kappa shape index (κ3) is 4.75. The van der Waals surface area contributed by atoms with Crippen LogP contribution in [0.15, 0.2) is 12.2 Å². The van der Waals surface area contributed by atoms with E-state index in [0.717, 1.165) is 6.92 Å². The summed E-state index contributed by atoms with van der Waals surface area (Å²) in [5, 5.41) is 0. The van der Waals surface area contributed by atoms with Gasteiger partial charge in [0.1, 0.15) is 0 Å². The Morgan fingerprint density at radius 3 is 1.82 bits per heavy atom. The second-order valence-electron chi connectivity index (χ2n) is 2.05. The largest absolute Gasteiger partial charge is 0.394 e. The Bertz CT molecular complexity index is 134. The van der Waals surface area contributed by atoms with E-state index in [4.69, 9.17) is 0 Å². The number of halogens is 5. The van der Waals surface area contributed by atoms with Gasteiger partial charge >= 0.3 is 6.18 Å². The van der Waals surface area contributed by atoms with Crippen LogP contribution in [0.2, 0.25) is 0 Å². The lowest BCUT2D eigenvalue weighted by Gasteiger charge is -2.10. The lowest BCUT2D eigenvalue weighted by molar-refractivity contribution is -0.156. The van der Waals surface area contributed by atoms with Crippen LogP contribution in [0.4, 0.5) is 22.0 Å². The summed E-state index contributed by atoms with van der Waals surface area (Å²) in [5.41, 5.74) is 0. The lowest BCUT2D eigenvalue weighted by Crippen LogP contribution is -2.17. The molecule has 0 bridgehead atoms. The molecule has 0 aliphatic heterocycles. The molecule has 1 atom stereocenters. The maximum absolute atomic E-state index is 11.6. The Hall–Kier alpha value is -0.610. The van der Waals surface area contributed by atoms with Gasteiger partial charge in [-0.15, -0.1) is 0 Å². The van der Waals surface area contributed by atoms with Gasteiger partial charge in [-0.1, -0.05) is 13.0 Å². The van der Waals surface area contributed by atoms with Crippen molar-refractivity contribution in [3.63, 3.8) is 0 Å². The second kappa shape index (κ2) is 3.69. The fourth-order valence-electron chi connectivity index (χ4n) is 0.360. The van der Waals surface area contributed by atoms with Gasteiger partial charge in [-0.2, -0.15) is 13.2 Å². The van der Waals surface area contributed by atoms with E-state index in [1.54, 1.807) is 0 Å². The zero-order valence-electron chi connectivity index (χ0n) is 5.70. The molecule has 0 aliphatic carbocycles. The van der Waals surface area contributed by atoms with Crippen LogP contribution in [0, 0.1) is 5.92 Å². The second-order valence-corrected chi connectivity index (χ2v) is 2.05. The number of rotatable bonds is 2. The molecule has 0 rings (SSSR count). The standard InChI is InChI=1S/C6H7F5/c1-4(6(9,10)11)2-3-5(7)8/h2-5H,1H3/b3-2+. The van der Waals surface area contributed by atoms with E-state index < -0.39 is 18.5 Å². The smallest absolute Gasteiger partial charge is 0.206 e. The van der Waals surface area contributed by atoms with E-state index in [2.05, 4.69) is 0 Å². The SMILES string of the molecule is CC(/C=C/C(F)F)C(F)(F)F. The topological polar surface area (TPSA) is 0 Å². The van der Waals surface area contributed by atoms with Gasteiger partial charge in [-0.25, -0.2) is 8.78 Å². The van der Waals surface area contributed by atoms with Crippen molar-refractivity contribution in [3.05, 3.63) is 12.2 Å². The van der Waals surface area contributed by atoms with Crippen LogP contribution in [-0.2, 0) is 0 Å². The predicted molar refractivity (Wildman–Crippen MR) is 30.4 cm³/mol. The van der Waals surface area contributed by atoms with Crippen LogP contribution in [0.25, 0.3) is 0 Å². The van der Waals surface area contributed by atoms with Crippen molar-refractivity contribution >= 4 is 0 Å². The van der Waals surface area contributed by atoms with Gasteiger partial charge in [-0.3, -0.25) is 0 Å². The van der Waals surface area contributed by atoms with Crippen molar-refractivity contribution in [2.75, 3.05) is 0 Å². The summed E-state index contributed by atoms with van der Waals surface area (Å²) in [6, 6.07) is 0. The molecule has 0 N–H and O–H groups in total. The maximum Gasteiger partial charge on any atom is 0.394 e. The summed E-state index contributed by atoms with van der Waals surface area (Å²) in [6.45, 7) is 0.818. The number of allylic oxidation sites excluding steroid dienone is 2. The van der Waals surface area contributed by atoms with E-state index >= 15 is 0 Å². The van der Waals surface area contributed by atoms with Gasteiger partial charge in [0.25, 0.3) is 6.43 Å². The van der Waals surface area contributed by atoms with E-state index in [1.807, 2.05) is 0 Å². The molecule has 0 amide bonds. The first-order valence-electron chi connectivity index (χ1n) is 2.87. The number of hydrogen-bond acceptors (Lipinski definition) is 0. The average Bonchev–Trinajstić information content (AvgIpc) is 1.80. The highest BCUT2D eigenvalue weighted by molar-refractivity contribution is 4.91. The van der Waals surface area contributed by atoms with E-state index in [1.165, 1.54) is 0 Å². The molecule has 0 aromatic heterocycles. The molecular weight excluding hydrogens is 167 g/mol. The van der Waals surface area contributed by atoms with Crippen molar-refractivity contribution in [3.8, 4) is 0 Å². The maximum atomic E-state index is 11.6. The normalized spacial score (nSPS) is 16.3. The van der Waals surface area contributed by atoms with E-state index in [0.29, 0.717) is 6.08 Å². The van der Waals surface area contributed by atoms with Gasteiger partial charge in [0, 0.05) is 0 Å². The molecule has 0 aromatic carbocycles. The molecule has 5 heteroatoms. The zero-order chi connectivity index (χ0) is 9.07. The molecular formula is C6H7F5.